The van der Waals surface area contributed by atoms with Crippen LogP contribution in [0.15, 0.2) is 71.6 Å². The number of anilines is 1. The highest BCUT2D eigenvalue weighted by atomic mass is 35.5. The lowest BCUT2D eigenvalue weighted by molar-refractivity contribution is -0.139. The van der Waals surface area contributed by atoms with Crippen LogP contribution in [0.4, 0.5) is 5.69 Å². The number of para-hydroxylation sites is 1. The molecule has 12 heteroatoms. The van der Waals surface area contributed by atoms with Crippen LogP contribution in [0.3, 0.4) is 0 Å². The minimum absolute atomic E-state index is 0.0550. The topological polar surface area (TPSA) is 105 Å². The maximum absolute atomic E-state index is 14.0. The molecule has 3 aromatic carbocycles. The summed E-state index contributed by atoms with van der Waals surface area (Å²) in [7, 11) is -1.44. The van der Waals surface area contributed by atoms with E-state index in [1.54, 1.807) is 63.2 Å². The van der Waals surface area contributed by atoms with Crippen LogP contribution in [0.5, 0.6) is 11.5 Å². The zero-order valence-electron chi connectivity index (χ0n) is 23.4. The normalized spacial score (nSPS) is 12.0. The maximum atomic E-state index is 14.0. The van der Waals surface area contributed by atoms with Gasteiger partial charge in [0, 0.05) is 28.7 Å². The molecule has 2 amide bonds. The van der Waals surface area contributed by atoms with Crippen LogP contribution in [0.2, 0.25) is 10.0 Å². The number of carbonyl (C=O) groups is 2. The predicted octanol–water partition coefficient (Wildman–Crippen LogP) is 5.15. The standard InChI is InChI=1S/C29H33Cl2N3O6S/c1-19(2)32-29(36)20(3)33(17-21-11-12-22(30)15-25(21)31)28(35)18-34(23-9-7-6-8-10-23)41(37,38)24-13-14-26(39-4)27(16-24)40-5/h6-16,19-20H,17-18H2,1-5H3,(H,32,36). The number of hydrogen-bond acceptors (Lipinski definition) is 6. The Bertz CT molecular complexity index is 1490. The minimum atomic E-state index is -4.29. The highest BCUT2D eigenvalue weighted by molar-refractivity contribution is 7.92. The Kier molecular flexibility index (Phi) is 10.9. The third kappa shape index (κ3) is 7.84. The zero-order valence-corrected chi connectivity index (χ0v) is 25.8. The molecule has 0 bridgehead atoms. The number of nitrogens with one attached hydrogen (secondary N) is 1. The van der Waals surface area contributed by atoms with Crippen molar-refractivity contribution in [3.05, 3.63) is 82.3 Å². The van der Waals surface area contributed by atoms with Gasteiger partial charge in [-0.1, -0.05) is 47.5 Å². The van der Waals surface area contributed by atoms with Crippen molar-refractivity contribution in [2.75, 3.05) is 25.1 Å². The number of nitrogens with zero attached hydrogens (tertiary/aromatic N) is 2. The summed E-state index contributed by atoms with van der Waals surface area (Å²) in [6.45, 7) is 4.54. The third-order valence-electron chi connectivity index (χ3n) is 6.22. The van der Waals surface area contributed by atoms with Crippen LogP contribution in [-0.4, -0.2) is 58.0 Å². The molecule has 0 spiro atoms. The number of hydrogen-bond donors (Lipinski definition) is 1. The summed E-state index contributed by atoms with van der Waals surface area (Å²) in [5.41, 5.74) is 0.807. The fourth-order valence-corrected chi connectivity index (χ4v) is 5.95. The number of amides is 2. The highest BCUT2D eigenvalue weighted by Crippen LogP contribution is 2.32. The Hall–Kier alpha value is -3.47. The average Bonchev–Trinajstić information content (AvgIpc) is 2.94. The number of rotatable bonds is 12. The molecule has 0 heterocycles. The largest absolute Gasteiger partial charge is 0.493 e. The summed E-state index contributed by atoms with van der Waals surface area (Å²) in [6, 6.07) is 16.1. The summed E-state index contributed by atoms with van der Waals surface area (Å²) in [5, 5.41) is 3.53. The zero-order chi connectivity index (χ0) is 30.3. The van der Waals surface area contributed by atoms with Gasteiger partial charge in [0.05, 0.1) is 24.8 Å². The van der Waals surface area contributed by atoms with Gasteiger partial charge < -0.3 is 19.7 Å². The molecule has 1 unspecified atom stereocenters. The van der Waals surface area contributed by atoms with E-state index in [0.717, 1.165) is 4.31 Å². The molecule has 1 atom stereocenters. The number of halogens is 2. The fraction of sp³-hybridized carbons (Fsp3) is 0.310. The van der Waals surface area contributed by atoms with Gasteiger partial charge in [0.2, 0.25) is 11.8 Å². The van der Waals surface area contributed by atoms with Crippen LogP contribution >= 0.6 is 23.2 Å². The summed E-state index contributed by atoms with van der Waals surface area (Å²) in [5.74, 6) is -0.446. The van der Waals surface area contributed by atoms with Gasteiger partial charge in [-0.3, -0.25) is 13.9 Å². The molecule has 41 heavy (non-hydrogen) atoms. The number of ether oxygens (including phenoxy) is 2. The van der Waals surface area contributed by atoms with E-state index in [1.165, 1.54) is 43.4 Å². The minimum Gasteiger partial charge on any atom is -0.493 e. The molecule has 3 aromatic rings. The molecule has 0 radical (unpaired) electrons. The summed E-state index contributed by atoms with van der Waals surface area (Å²) in [6.07, 6.45) is 0. The SMILES string of the molecule is COc1ccc(S(=O)(=O)N(CC(=O)N(Cc2ccc(Cl)cc2Cl)C(C)C(=O)NC(C)C)c2ccccc2)cc1OC. The first-order chi connectivity index (χ1) is 19.4. The molecule has 0 aliphatic heterocycles. The van der Waals surface area contributed by atoms with Crippen molar-refractivity contribution in [2.45, 2.75) is 44.3 Å². The lowest BCUT2D eigenvalue weighted by Crippen LogP contribution is -2.52. The third-order valence-corrected chi connectivity index (χ3v) is 8.58. The van der Waals surface area contributed by atoms with E-state index in [1.807, 2.05) is 0 Å². The second kappa shape index (κ2) is 13.9. The van der Waals surface area contributed by atoms with Crippen molar-refractivity contribution in [1.29, 1.82) is 0 Å². The van der Waals surface area contributed by atoms with Crippen LogP contribution in [0.25, 0.3) is 0 Å². The monoisotopic (exact) mass is 621 g/mol. The van der Waals surface area contributed by atoms with Gasteiger partial charge in [-0.2, -0.15) is 0 Å². The van der Waals surface area contributed by atoms with E-state index < -0.39 is 34.4 Å². The molecule has 0 saturated heterocycles. The van der Waals surface area contributed by atoms with Gasteiger partial charge in [0.15, 0.2) is 11.5 Å². The van der Waals surface area contributed by atoms with Crippen LogP contribution in [-0.2, 0) is 26.2 Å². The van der Waals surface area contributed by atoms with Crippen LogP contribution < -0.4 is 19.1 Å². The van der Waals surface area contributed by atoms with Gasteiger partial charge in [-0.15, -0.1) is 0 Å². The molecule has 220 valence electrons. The summed E-state index contributed by atoms with van der Waals surface area (Å²) < 4.78 is 39.5. The summed E-state index contributed by atoms with van der Waals surface area (Å²) in [4.78, 5) is 28.2. The Morgan fingerprint density at radius 2 is 1.56 bits per heavy atom. The first-order valence-electron chi connectivity index (χ1n) is 12.7. The Labute approximate surface area is 251 Å². The molecule has 3 rings (SSSR count). The van der Waals surface area contributed by atoms with E-state index >= 15 is 0 Å². The maximum Gasteiger partial charge on any atom is 0.264 e. The molecular weight excluding hydrogens is 589 g/mol. The molecule has 0 aliphatic rings. The van der Waals surface area contributed by atoms with Gasteiger partial charge >= 0.3 is 0 Å². The second-order valence-corrected chi connectivity index (χ2v) is 12.2. The lowest BCUT2D eigenvalue weighted by Gasteiger charge is -2.32. The van der Waals surface area contributed by atoms with Crippen molar-refractivity contribution >= 4 is 50.7 Å². The molecule has 0 fully saturated rings. The number of benzene rings is 3. The number of sulfonamides is 1. The van der Waals surface area contributed by atoms with Crippen molar-refractivity contribution in [1.82, 2.24) is 10.2 Å². The highest BCUT2D eigenvalue weighted by Gasteiger charge is 2.33. The molecule has 0 aliphatic carbocycles. The van der Waals surface area contributed by atoms with Crippen molar-refractivity contribution in [3.8, 4) is 11.5 Å². The van der Waals surface area contributed by atoms with Crippen LogP contribution in [0, 0.1) is 0 Å². The van der Waals surface area contributed by atoms with E-state index in [0.29, 0.717) is 21.4 Å². The van der Waals surface area contributed by atoms with E-state index in [-0.39, 0.29) is 28.9 Å². The quantitative estimate of drug-likeness (QED) is 0.300. The lowest BCUT2D eigenvalue weighted by atomic mass is 10.1. The van der Waals surface area contributed by atoms with E-state index in [4.69, 9.17) is 32.7 Å². The molecule has 0 aromatic heterocycles. The molecular formula is C29H33Cl2N3O6S. The van der Waals surface area contributed by atoms with Gasteiger partial charge in [-0.25, -0.2) is 8.42 Å². The summed E-state index contributed by atoms with van der Waals surface area (Å²) >= 11 is 12.5. The van der Waals surface area contributed by atoms with E-state index in [2.05, 4.69) is 5.32 Å². The Morgan fingerprint density at radius 1 is 0.902 bits per heavy atom. The smallest absolute Gasteiger partial charge is 0.264 e. The first-order valence-corrected chi connectivity index (χ1v) is 14.9. The molecule has 1 N–H and O–H groups in total. The number of methoxy groups -OCH3 is 2. The van der Waals surface area contributed by atoms with Crippen molar-refractivity contribution in [2.24, 2.45) is 0 Å². The first kappa shape index (κ1) is 32.0. The van der Waals surface area contributed by atoms with Gasteiger partial charge in [0.25, 0.3) is 10.0 Å². The molecule has 0 saturated carbocycles. The van der Waals surface area contributed by atoms with E-state index in [9.17, 15) is 18.0 Å². The predicted molar refractivity (Wildman–Crippen MR) is 160 cm³/mol. The van der Waals surface area contributed by atoms with Crippen LogP contribution in [0.1, 0.15) is 26.3 Å². The van der Waals surface area contributed by atoms with Gasteiger partial charge in [0.1, 0.15) is 12.6 Å². The Balaban J connectivity index is 2.06. The fourth-order valence-electron chi connectivity index (χ4n) is 4.05. The van der Waals surface area contributed by atoms with Crippen molar-refractivity contribution in [3.63, 3.8) is 0 Å². The van der Waals surface area contributed by atoms with Gasteiger partial charge in [-0.05, 0) is 62.7 Å². The average molecular weight is 623 g/mol. The van der Waals surface area contributed by atoms with Crippen molar-refractivity contribution < 1.29 is 27.5 Å². The Morgan fingerprint density at radius 3 is 2.15 bits per heavy atom. The second-order valence-electron chi connectivity index (χ2n) is 9.46. The molecule has 9 nitrogen and oxygen atoms in total. The number of carbonyl (C=O) groups excluding carboxylic acids is 2.